The molecule has 0 amide bonds. The van der Waals surface area contributed by atoms with Gasteiger partial charge in [0.15, 0.2) is 0 Å². The molecule has 8 heavy (non-hydrogen) atoms. The predicted octanol–water partition coefficient (Wildman–Crippen LogP) is 1.40. The zero-order chi connectivity index (χ0) is 6.41. The molecule has 0 bridgehead atoms. The van der Waals surface area contributed by atoms with Crippen LogP contribution in [-0.2, 0) is 15.7 Å². The standard InChI is InChI=1S/C6H14N.Co/c1-2-3-4-5-6-7;/h6H,2-5,7H2,1H3;. The molecule has 0 aromatic heterocycles. The van der Waals surface area contributed by atoms with Crippen molar-refractivity contribution in [3.05, 3.63) is 0 Å². The van der Waals surface area contributed by atoms with E-state index in [-0.39, 0.29) is 4.98 Å². The molecule has 0 saturated carbocycles. The first kappa shape index (κ1) is 8.47. The number of hydrogen-bond donors (Lipinski definition) is 1. The van der Waals surface area contributed by atoms with Gasteiger partial charge >= 0.3 is 59.1 Å². The Bertz CT molecular complexity index is 45.8. The summed E-state index contributed by atoms with van der Waals surface area (Å²) in [6.07, 6.45) is 4.82. The Balaban J connectivity index is 2.72. The normalized spacial score (nSPS) is 14.0. The van der Waals surface area contributed by atoms with Gasteiger partial charge in [0.25, 0.3) is 0 Å². The third-order valence-corrected chi connectivity index (χ3v) is 1.37. The van der Waals surface area contributed by atoms with E-state index in [1.807, 2.05) is 0 Å². The summed E-state index contributed by atoms with van der Waals surface area (Å²) in [5, 5.41) is 0. The molecule has 1 atom stereocenters. The van der Waals surface area contributed by atoms with E-state index in [0.29, 0.717) is 0 Å². The number of nitrogens with two attached hydrogens (primary N) is 1. The van der Waals surface area contributed by atoms with E-state index in [9.17, 15) is 0 Å². The van der Waals surface area contributed by atoms with Gasteiger partial charge in [0.05, 0.1) is 0 Å². The van der Waals surface area contributed by atoms with E-state index < -0.39 is 0 Å². The second-order valence-electron chi connectivity index (χ2n) is 1.98. The van der Waals surface area contributed by atoms with E-state index in [4.69, 9.17) is 5.73 Å². The van der Waals surface area contributed by atoms with Crippen molar-refractivity contribution in [2.75, 3.05) is 0 Å². The molecule has 1 unspecified atom stereocenters. The van der Waals surface area contributed by atoms with Crippen LogP contribution in [0.4, 0.5) is 0 Å². The molecule has 52 valence electrons. The van der Waals surface area contributed by atoms with Gasteiger partial charge in [-0.15, -0.1) is 0 Å². The van der Waals surface area contributed by atoms with Crippen LogP contribution in [0, 0.1) is 0 Å². The van der Waals surface area contributed by atoms with Crippen molar-refractivity contribution >= 4 is 0 Å². The van der Waals surface area contributed by atoms with E-state index in [1.54, 1.807) is 0 Å². The summed E-state index contributed by atoms with van der Waals surface area (Å²) >= 11 is 4.09. The molecule has 0 spiro atoms. The van der Waals surface area contributed by atoms with Crippen LogP contribution in [0.5, 0.6) is 0 Å². The van der Waals surface area contributed by atoms with Crippen molar-refractivity contribution in [1.29, 1.82) is 0 Å². The van der Waals surface area contributed by atoms with Gasteiger partial charge in [0.2, 0.25) is 0 Å². The van der Waals surface area contributed by atoms with Gasteiger partial charge in [-0.1, -0.05) is 0 Å². The Morgan fingerprint density at radius 1 is 1.50 bits per heavy atom. The van der Waals surface area contributed by atoms with Crippen LogP contribution in [0.25, 0.3) is 0 Å². The van der Waals surface area contributed by atoms with Crippen LogP contribution in [0.3, 0.4) is 0 Å². The predicted molar refractivity (Wildman–Crippen MR) is 32.1 cm³/mol. The van der Waals surface area contributed by atoms with E-state index in [1.165, 1.54) is 19.3 Å². The van der Waals surface area contributed by atoms with Crippen LogP contribution in [0.1, 0.15) is 32.6 Å². The first-order valence-electron chi connectivity index (χ1n) is 3.14. The molecular weight excluding hydrogens is 145 g/mol. The first-order valence-corrected chi connectivity index (χ1v) is 3.74. The van der Waals surface area contributed by atoms with Crippen LogP contribution in [-0.4, -0.2) is 4.98 Å². The summed E-state index contributed by atoms with van der Waals surface area (Å²) in [4.78, 5) is 0.0917. The van der Waals surface area contributed by atoms with Gasteiger partial charge in [-0.2, -0.15) is 0 Å². The molecule has 0 heterocycles. The quantitative estimate of drug-likeness (QED) is 0.616. The molecule has 1 nitrogen and oxygen atoms in total. The fourth-order valence-corrected chi connectivity index (χ4v) is 0.793. The molecule has 0 aromatic rings. The third-order valence-electron chi connectivity index (χ3n) is 1.07. The third kappa shape index (κ3) is 6.47. The minimum absolute atomic E-state index is 0.0917. The fraction of sp³-hybridized carbons (Fsp3) is 1.00. The Hall–Kier alpha value is 0.466. The molecule has 0 fully saturated rings. The van der Waals surface area contributed by atoms with Crippen molar-refractivity contribution in [3.8, 4) is 0 Å². The summed E-state index contributed by atoms with van der Waals surface area (Å²) in [5.41, 5.74) is 5.39. The van der Waals surface area contributed by atoms with Crippen LogP contribution >= 0.6 is 0 Å². The average molecular weight is 159 g/mol. The first-order chi connectivity index (χ1) is 3.77. The van der Waals surface area contributed by atoms with Gasteiger partial charge in [-0.3, -0.25) is 0 Å². The Labute approximate surface area is 59.6 Å². The van der Waals surface area contributed by atoms with Crippen molar-refractivity contribution in [2.45, 2.75) is 37.6 Å². The molecule has 2 heteroatoms. The second-order valence-corrected chi connectivity index (χ2v) is 2.75. The summed E-state index contributed by atoms with van der Waals surface area (Å²) < 4.78 is 0. The Kier molecular flexibility index (Phi) is 5.93. The second kappa shape index (κ2) is 5.60. The monoisotopic (exact) mass is 159 g/mol. The molecule has 0 aliphatic heterocycles. The average Bonchev–Trinajstić information content (AvgIpc) is 1.66. The number of unbranched alkanes of at least 4 members (excludes halogenated alkanes) is 2. The molecule has 0 rings (SSSR count). The molecular formula is C6H14CoN. The van der Waals surface area contributed by atoms with Gasteiger partial charge < -0.3 is 0 Å². The van der Waals surface area contributed by atoms with Crippen LogP contribution < -0.4 is 5.73 Å². The van der Waals surface area contributed by atoms with Crippen LogP contribution in [0.15, 0.2) is 0 Å². The summed E-state index contributed by atoms with van der Waals surface area (Å²) in [5.74, 6) is 0. The van der Waals surface area contributed by atoms with Gasteiger partial charge in [-0.05, 0) is 0 Å². The molecule has 0 aliphatic carbocycles. The zero-order valence-corrected chi connectivity index (χ0v) is 6.36. The molecule has 0 radical (unpaired) electrons. The molecule has 2 N–H and O–H groups in total. The van der Waals surface area contributed by atoms with Gasteiger partial charge in [0, 0.05) is 0 Å². The Morgan fingerprint density at radius 3 is 2.50 bits per heavy atom. The van der Waals surface area contributed by atoms with Crippen molar-refractivity contribution in [3.63, 3.8) is 0 Å². The summed E-state index contributed by atoms with van der Waals surface area (Å²) in [6, 6.07) is 0. The van der Waals surface area contributed by atoms with Crippen molar-refractivity contribution < 1.29 is 15.7 Å². The van der Waals surface area contributed by atoms with Crippen molar-refractivity contribution in [1.82, 2.24) is 0 Å². The summed E-state index contributed by atoms with van der Waals surface area (Å²) in [7, 11) is 0. The fourth-order valence-electron chi connectivity index (χ4n) is 0.580. The number of rotatable bonds is 4. The summed E-state index contributed by atoms with van der Waals surface area (Å²) in [6.45, 7) is 2.18. The zero-order valence-electron chi connectivity index (χ0n) is 5.32. The van der Waals surface area contributed by atoms with E-state index in [0.717, 1.165) is 6.42 Å². The maximum atomic E-state index is 5.39. The topological polar surface area (TPSA) is 26.0 Å². The molecule has 0 aliphatic rings. The minimum atomic E-state index is 0.0917. The maximum absolute atomic E-state index is 5.39. The van der Waals surface area contributed by atoms with Gasteiger partial charge in [0.1, 0.15) is 0 Å². The van der Waals surface area contributed by atoms with Gasteiger partial charge in [-0.25, -0.2) is 0 Å². The van der Waals surface area contributed by atoms with Crippen LogP contribution in [0.2, 0.25) is 0 Å². The SMILES string of the molecule is CCCCC[CH](N)[Co]. The van der Waals surface area contributed by atoms with Crippen molar-refractivity contribution in [2.24, 2.45) is 5.73 Å². The molecule has 0 saturated heterocycles. The molecule has 0 aromatic carbocycles. The number of hydrogen-bond acceptors (Lipinski definition) is 1. The van der Waals surface area contributed by atoms with E-state index in [2.05, 4.69) is 22.7 Å². The van der Waals surface area contributed by atoms with E-state index >= 15 is 0 Å². The Morgan fingerprint density at radius 2 is 2.12 bits per heavy atom.